The van der Waals surface area contributed by atoms with Crippen LogP contribution < -0.4 is 0 Å². The number of ether oxygens (including phenoxy) is 3. The number of carbonyl (C=O) groups excluding carboxylic acids is 3. The van der Waals surface area contributed by atoms with Gasteiger partial charge in [-0.2, -0.15) is 0 Å². The van der Waals surface area contributed by atoms with Gasteiger partial charge in [-0.05, 0) is 122 Å². The molecule has 0 aromatic rings. The van der Waals surface area contributed by atoms with Crippen LogP contribution in [-0.4, -0.2) is 37.2 Å². The zero-order chi connectivity index (χ0) is 58.5. The number of esters is 3. The smallest absolute Gasteiger partial charge is 0.306 e. The van der Waals surface area contributed by atoms with Crippen molar-refractivity contribution in [2.75, 3.05) is 13.2 Å². The summed E-state index contributed by atoms with van der Waals surface area (Å²) in [6.07, 6.45) is 92.9. The Labute approximate surface area is 502 Å². The van der Waals surface area contributed by atoms with E-state index in [9.17, 15) is 14.4 Å². The van der Waals surface area contributed by atoms with E-state index in [0.29, 0.717) is 19.3 Å². The number of hydrogen-bond acceptors (Lipinski definition) is 6. The molecule has 0 aliphatic heterocycles. The number of rotatable bonds is 63. The van der Waals surface area contributed by atoms with E-state index in [-0.39, 0.29) is 31.1 Å². The molecule has 0 N–H and O–H groups in total. The molecule has 6 heteroatoms. The third-order valence-corrected chi connectivity index (χ3v) is 15.0. The normalized spacial score (nSPS) is 12.7. The first-order valence-corrected chi connectivity index (χ1v) is 34.7. The Kier molecular flexibility index (Phi) is 65.7. The van der Waals surface area contributed by atoms with Crippen molar-refractivity contribution >= 4 is 17.9 Å². The molecule has 0 radical (unpaired) electrons. The van der Waals surface area contributed by atoms with Crippen LogP contribution in [0, 0.1) is 0 Å². The summed E-state index contributed by atoms with van der Waals surface area (Å²) in [4.78, 5) is 38.3. The third kappa shape index (κ3) is 67.0. The molecule has 6 nitrogen and oxygen atoms in total. The van der Waals surface area contributed by atoms with Gasteiger partial charge in [-0.25, -0.2) is 0 Å². The second kappa shape index (κ2) is 68.8. The van der Waals surface area contributed by atoms with Crippen LogP contribution in [0.3, 0.4) is 0 Å². The van der Waals surface area contributed by atoms with Crippen LogP contribution in [0.15, 0.2) is 97.2 Å². The van der Waals surface area contributed by atoms with Crippen molar-refractivity contribution in [3.05, 3.63) is 97.2 Å². The number of hydrogen-bond donors (Lipinski definition) is 0. The van der Waals surface area contributed by atoms with E-state index < -0.39 is 6.10 Å². The molecule has 0 fully saturated rings. The minimum Gasteiger partial charge on any atom is -0.462 e. The molecule has 0 amide bonds. The van der Waals surface area contributed by atoms with Gasteiger partial charge in [-0.3, -0.25) is 14.4 Å². The first-order valence-electron chi connectivity index (χ1n) is 34.7. The molecule has 0 bridgehead atoms. The van der Waals surface area contributed by atoms with Gasteiger partial charge < -0.3 is 14.2 Å². The van der Waals surface area contributed by atoms with Gasteiger partial charge in [0.2, 0.25) is 0 Å². The highest BCUT2D eigenvalue weighted by Gasteiger charge is 2.19. The second-order valence-electron chi connectivity index (χ2n) is 23.1. The lowest BCUT2D eigenvalue weighted by Crippen LogP contribution is -2.30. The van der Waals surface area contributed by atoms with E-state index in [1.165, 1.54) is 199 Å². The van der Waals surface area contributed by atoms with Crippen molar-refractivity contribution in [2.24, 2.45) is 0 Å². The van der Waals surface area contributed by atoms with Crippen molar-refractivity contribution in [1.82, 2.24) is 0 Å². The van der Waals surface area contributed by atoms with Crippen LogP contribution in [-0.2, 0) is 28.6 Å². The molecule has 0 heterocycles. The fraction of sp³-hybridized carbons (Fsp3) is 0.747. The Balaban J connectivity index is 4.19. The van der Waals surface area contributed by atoms with Crippen LogP contribution in [0.4, 0.5) is 0 Å². The molecule has 0 aliphatic rings. The average molecular weight is 1130 g/mol. The SMILES string of the molecule is CC/C=C\C/C=C\C/C=C\C/C=C\C/C=C\C/C=C\CCCCCCCCCCCCCCCCC(=O)OCC(COC(=O)CCCCCCC/C=C\CCCCC)OC(=O)CCCCCCCCC/C=C\CCCCCCCCC. The summed E-state index contributed by atoms with van der Waals surface area (Å²) >= 11 is 0. The van der Waals surface area contributed by atoms with E-state index in [0.717, 1.165) is 103 Å². The van der Waals surface area contributed by atoms with Crippen molar-refractivity contribution in [3.63, 3.8) is 0 Å². The maximum atomic E-state index is 12.9. The summed E-state index contributed by atoms with van der Waals surface area (Å²) in [6, 6.07) is 0. The second-order valence-corrected chi connectivity index (χ2v) is 23.1. The van der Waals surface area contributed by atoms with Gasteiger partial charge in [0.25, 0.3) is 0 Å². The molecular weight excluding hydrogens is 997 g/mol. The summed E-state index contributed by atoms with van der Waals surface area (Å²) in [5.41, 5.74) is 0. The van der Waals surface area contributed by atoms with E-state index in [1.807, 2.05) is 0 Å². The highest BCUT2D eigenvalue weighted by atomic mass is 16.6. The standard InChI is InChI=1S/C75H130O6/c1-4-7-10-13-16-19-22-25-27-29-31-32-33-34-35-36-37-38-39-40-41-42-43-44-45-47-48-50-53-56-59-62-65-68-74(77)80-71-72(70-79-73(76)67-64-61-58-55-52-24-21-18-15-12-9-6-3)81-75(78)69-66-63-60-57-54-51-49-46-30-28-26-23-20-17-14-11-8-5-2/h7,10,16,18-19,21,25,27-28,30-32,34-35,37-38,72H,4-6,8-9,11-15,17,20,22-24,26,29,33,36,39-71H2,1-3H3/b10-7-,19-16-,21-18-,27-25-,30-28-,32-31-,35-34-,38-37-. The van der Waals surface area contributed by atoms with Gasteiger partial charge in [-0.15, -0.1) is 0 Å². The van der Waals surface area contributed by atoms with Gasteiger partial charge in [0.05, 0.1) is 0 Å². The molecule has 0 aromatic carbocycles. The van der Waals surface area contributed by atoms with Crippen LogP contribution in [0.5, 0.6) is 0 Å². The van der Waals surface area contributed by atoms with Crippen LogP contribution >= 0.6 is 0 Å². The van der Waals surface area contributed by atoms with Crippen molar-refractivity contribution in [2.45, 2.75) is 348 Å². The number of unbranched alkanes of at least 4 members (excludes halogenated alkanes) is 36. The zero-order valence-electron chi connectivity index (χ0n) is 53.5. The molecular formula is C75H130O6. The van der Waals surface area contributed by atoms with E-state index in [1.54, 1.807) is 0 Å². The summed E-state index contributed by atoms with van der Waals surface area (Å²) in [5.74, 6) is -0.879. The van der Waals surface area contributed by atoms with Crippen LogP contribution in [0.2, 0.25) is 0 Å². The van der Waals surface area contributed by atoms with Gasteiger partial charge in [0.15, 0.2) is 6.10 Å². The van der Waals surface area contributed by atoms with Crippen molar-refractivity contribution in [1.29, 1.82) is 0 Å². The molecule has 0 rings (SSSR count). The Hall–Kier alpha value is -3.67. The molecule has 0 saturated heterocycles. The molecule has 81 heavy (non-hydrogen) atoms. The van der Waals surface area contributed by atoms with Crippen LogP contribution in [0.25, 0.3) is 0 Å². The van der Waals surface area contributed by atoms with Gasteiger partial charge in [0.1, 0.15) is 13.2 Å². The predicted molar refractivity (Wildman–Crippen MR) is 353 cm³/mol. The maximum absolute atomic E-state index is 12.9. The van der Waals surface area contributed by atoms with Crippen LogP contribution in [0.1, 0.15) is 342 Å². The third-order valence-electron chi connectivity index (χ3n) is 15.0. The molecule has 466 valence electrons. The minimum atomic E-state index is -0.783. The van der Waals surface area contributed by atoms with E-state index in [2.05, 4.69) is 118 Å². The predicted octanol–water partition coefficient (Wildman–Crippen LogP) is 24.0. The molecule has 0 aliphatic carbocycles. The first kappa shape index (κ1) is 77.3. The van der Waals surface area contributed by atoms with Crippen molar-refractivity contribution < 1.29 is 28.6 Å². The van der Waals surface area contributed by atoms with Gasteiger partial charge in [-0.1, -0.05) is 298 Å². The minimum absolute atomic E-state index is 0.0791. The molecule has 1 unspecified atom stereocenters. The Morgan fingerprint density at radius 1 is 0.259 bits per heavy atom. The lowest BCUT2D eigenvalue weighted by molar-refractivity contribution is -0.167. The fourth-order valence-electron chi connectivity index (χ4n) is 9.85. The van der Waals surface area contributed by atoms with Crippen molar-refractivity contribution in [3.8, 4) is 0 Å². The summed E-state index contributed by atoms with van der Waals surface area (Å²) in [6.45, 7) is 6.52. The summed E-state index contributed by atoms with van der Waals surface area (Å²) in [5, 5.41) is 0. The summed E-state index contributed by atoms with van der Waals surface area (Å²) < 4.78 is 16.9. The highest BCUT2D eigenvalue weighted by Crippen LogP contribution is 2.17. The molecule has 1 atom stereocenters. The lowest BCUT2D eigenvalue weighted by atomic mass is 10.0. The fourth-order valence-corrected chi connectivity index (χ4v) is 9.85. The molecule has 0 aromatic heterocycles. The monoisotopic (exact) mass is 1130 g/mol. The topological polar surface area (TPSA) is 78.9 Å². The van der Waals surface area contributed by atoms with E-state index >= 15 is 0 Å². The lowest BCUT2D eigenvalue weighted by Gasteiger charge is -2.18. The van der Waals surface area contributed by atoms with E-state index in [4.69, 9.17) is 14.2 Å². The highest BCUT2D eigenvalue weighted by molar-refractivity contribution is 5.71. The van der Waals surface area contributed by atoms with Gasteiger partial charge >= 0.3 is 17.9 Å². The number of allylic oxidation sites excluding steroid dienone is 16. The zero-order valence-corrected chi connectivity index (χ0v) is 53.5. The first-order chi connectivity index (χ1) is 40.0. The summed E-state index contributed by atoms with van der Waals surface area (Å²) in [7, 11) is 0. The Morgan fingerprint density at radius 2 is 0.481 bits per heavy atom. The maximum Gasteiger partial charge on any atom is 0.306 e. The van der Waals surface area contributed by atoms with Gasteiger partial charge in [0, 0.05) is 19.3 Å². The largest absolute Gasteiger partial charge is 0.462 e. The quantitative estimate of drug-likeness (QED) is 0.0261. The number of carbonyl (C=O) groups is 3. The average Bonchev–Trinajstić information content (AvgIpc) is 3.47. The molecule has 0 saturated carbocycles. The Bertz CT molecular complexity index is 1580. The molecule has 0 spiro atoms. The Morgan fingerprint density at radius 3 is 0.790 bits per heavy atom.